The van der Waals surface area contributed by atoms with Gasteiger partial charge in [0.25, 0.3) is 5.91 Å². The van der Waals surface area contributed by atoms with Crippen molar-refractivity contribution in [1.82, 2.24) is 15.6 Å². The van der Waals surface area contributed by atoms with Crippen molar-refractivity contribution < 1.29 is 4.79 Å². The molecule has 0 aliphatic carbocycles. The molecule has 1 fully saturated rings. The van der Waals surface area contributed by atoms with Crippen LogP contribution in [0.15, 0.2) is 12.3 Å². The predicted octanol–water partition coefficient (Wildman–Crippen LogP) is 1.91. The molecule has 4 nitrogen and oxygen atoms in total. The monoisotopic (exact) mass is 369 g/mol. The number of H-pyrrole nitrogens is 1. The fraction of sp³-hybridized carbons (Fsp3) is 0.545. The zero-order valence-corrected chi connectivity index (χ0v) is 12.6. The zero-order chi connectivity index (χ0) is 11.5. The summed E-state index contributed by atoms with van der Waals surface area (Å²) in [5.74, 6) is -0.0107. The van der Waals surface area contributed by atoms with Gasteiger partial charge in [-0.25, -0.2) is 0 Å². The van der Waals surface area contributed by atoms with E-state index in [1.807, 2.05) is 12.3 Å². The lowest BCUT2D eigenvalue weighted by Gasteiger charge is -2.30. The first-order chi connectivity index (χ1) is 7.66. The van der Waals surface area contributed by atoms with Crippen LogP contribution in [0.25, 0.3) is 0 Å². The molecule has 96 valence electrons. The molecule has 0 radical (unpaired) electrons. The van der Waals surface area contributed by atoms with Gasteiger partial charge in [-0.3, -0.25) is 4.79 Å². The van der Waals surface area contributed by atoms with Gasteiger partial charge in [-0.1, -0.05) is 0 Å². The molecule has 0 bridgehead atoms. The summed E-state index contributed by atoms with van der Waals surface area (Å²) in [6, 6.07) is 2.45. The highest BCUT2D eigenvalue weighted by molar-refractivity contribution is 14.1. The first kappa shape index (κ1) is 14.8. The molecule has 1 aromatic rings. The second-order valence-corrected chi connectivity index (χ2v) is 5.44. The van der Waals surface area contributed by atoms with Crippen molar-refractivity contribution >= 4 is 40.9 Å². The Kier molecular flexibility index (Phi) is 5.75. The summed E-state index contributed by atoms with van der Waals surface area (Å²) >= 11 is 2.19. The minimum atomic E-state index is -0.0107. The molecular weight excluding hydrogens is 352 g/mol. The van der Waals surface area contributed by atoms with E-state index < -0.39 is 0 Å². The molecule has 1 saturated heterocycles. The summed E-state index contributed by atoms with van der Waals surface area (Å²) in [6.07, 6.45) is 4.01. The van der Waals surface area contributed by atoms with Gasteiger partial charge in [-0.05, 0) is 55.0 Å². The number of carbonyl (C=O) groups is 1. The first-order valence-corrected chi connectivity index (χ1v) is 6.63. The normalized spacial score (nSPS) is 23.9. The fourth-order valence-electron chi connectivity index (χ4n) is 1.99. The summed E-state index contributed by atoms with van der Waals surface area (Å²) in [5.41, 5.74) is 0.641. The Hall–Kier alpha value is -0.270. The maximum Gasteiger partial charge on any atom is 0.267 e. The van der Waals surface area contributed by atoms with E-state index in [9.17, 15) is 4.79 Å². The highest BCUT2D eigenvalue weighted by Gasteiger charge is 2.23. The topological polar surface area (TPSA) is 56.9 Å². The lowest BCUT2D eigenvalue weighted by atomic mass is 10.00. The highest BCUT2D eigenvalue weighted by atomic mass is 127. The molecule has 17 heavy (non-hydrogen) atoms. The van der Waals surface area contributed by atoms with E-state index in [0.29, 0.717) is 11.7 Å². The maximum absolute atomic E-state index is 11.9. The molecule has 3 N–H and O–H groups in total. The van der Waals surface area contributed by atoms with E-state index in [4.69, 9.17) is 0 Å². The fourth-order valence-corrected chi connectivity index (χ4v) is 2.45. The number of piperidine rings is 1. The Bertz CT molecular complexity index is 383. The number of hydrogen-bond donors (Lipinski definition) is 3. The number of carbonyl (C=O) groups excluding carboxylic acids is 1. The first-order valence-electron chi connectivity index (χ1n) is 5.55. The second-order valence-electron chi connectivity index (χ2n) is 4.20. The van der Waals surface area contributed by atoms with Gasteiger partial charge in [-0.2, -0.15) is 0 Å². The van der Waals surface area contributed by atoms with Crippen LogP contribution in [0.3, 0.4) is 0 Å². The van der Waals surface area contributed by atoms with Gasteiger partial charge in [-0.15, -0.1) is 12.4 Å². The molecule has 1 aromatic heterocycles. The Morgan fingerprint density at radius 2 is 2.35 bits per heavy atom. The number of amides is 1. The molecule has 2 atom stereocenters. The third-order valence-corrected chi connectivity index (χ3v) is 3.59. The molecule has 1 amide bonds. The van der Waals surface area contributed by atoms with E-state index >= 15 is 0 Å². The van der Waals surface area contributed by atoms with Crippen LogP contribution >= 0.6 is 35.0 Å². The van der Waals surface area contributed by atoms with E-state index in [2.05, 4.69) is 45.1 Å². The zero-order valence-electron chi connectivity index (χ0n) is 9.63. The largest absolute Gasteiger partial charge is 0.356 e. The maximum atomic E-state index is 11.9. The molecule has 0 spiro atoms. The molecule has 1 aliphatic rings. The van der Waals surface area contributed by atoms with Crippen LogP contribution in [-0.2, 0) is 0 Å². The van der Waals surface area contributed by atoms with Crippen LogP contribution < -0.4 is 10.6 Å². The van der Waals surface area contributed by atoms with E-state index in [1.54, 1.807) is 0 Å². The third kappa shape index (κ3) is 3.86. The number of halogens is 2. The van der Waals surface area contributed by atoms with Gasteiger partial charge in [0.15, 0.2) is 0 Å². The van der Waals surface area contributed by atoms with Gasteiger partial charge in [0, 0.05) is 21.9 Å². The summed E-state index contributed by atoms with van der Waals surface area (Å²) in [7, 11) is 0. The minimum absolute atomic E-state index is 0. The quantitative estimate of drug-likeness (QED) is 0.698. The molecule has 6 heteroatoms. The number of aromatic nitrogens is 1. The SMILES string of the molecule is CC1NCCCC1NC(=O)c1cc(I)c[nH]1.Cl. The van der Waals surface area contributed by atoms with Crippen molar-refractivity contribution in [2.45, 2.75) is 31.8 Å². The molecule has 2 heterocycles. The van der Waals surface area contributed by atoms with Crippen molar-refractivity contribution in [3.8, 4) is 0 Å². The summed E-state index contributed by atoms with van der Waals surface area (Å²) in [5, 5.41) is 6.43. The van der Waals surface area contributed by atoms with Crippen LogP contribution in [0.5, 0.6) is 0 Å². The van der Waals surface area contributed by atoms with Gasteiger partial charge >= 0.3 is 0 Å². The minimum Gasteiger partial charge on any atom is -0.356 e. The molecule has 0 aromatic carbocycles. The van der Waals surface area contributed by atoms with Crippen molar-refractivity contribution in [3.63, 3.8) is 0 Å². The van der Waals surface area contributed by atoms with Crippen LogP contribution in [0, 0.1) is 3.57 Å². The molecule has 2 rings (SSSR count). The van der Waals surface area contributed by atoms with E-state index in [1.165, 1.54) is 0 Å². The summed E-state index contributed by atoms with van der Waals surface area (Å²) in [6.45, 7) is 3.16. The van der Waals surface area contributed by atoms with Crippen molar-refractivity contribution in [2.75, 3.05) is 6.54 Å². The molecular formula is C11H17ClIN3O. The van der Waals surface area contributed by atoms with Crippen LogP contribution in [0.2, 0.25) is 0 Å². The van der Waals surface area contributed by atoms with Crippen LogP contribution in [0.1, 0.15) is 30.3 Å². The summed E-state index contributed by atoms with van der Waals surface area (Å²) < 4.78 is 1.05. The smallest absolute Gasteiger partial charge is 0.267 e. The Morgan fingerprint density at radius 1 is 1.59 bits per heavy atom. The van der Waals surface area contributed by atoms with Crippen molar-refractivity contribution in [3.05, 3.63) is 21.5 Å². The lowest BCUT2D eigenvalue weighted by Crippen LogP contribution is -2.51. The third-order valence-electron chi connectivity index (χ3n) is 2.97. The standard InChI is InChI=1S/C11H16IN3O.ClH/c1-7-9(3-2-4-13-7)15-11(16)10-5-8(12)6-14-10;/h5-7,9,13-14H,2-4H2,1H3,(H,15,16);1H. The summed E-state index contributed by atoms with van der Waals surface area (Å²) in [4.78, 5) is 14.9. The van der Waals surface area contributed by atoms with Gasteiger partial charge in [0.1, 0.15) is 5.69 Å². The molecule has 1 aliphatic heterocycles. The van der Waals surface area contributed by atoms with Crippen molar-refractivity contribution in [1.29, 1.82) is 0 Å². The van der Waals surface area contributed by atoms with Gasteiger partial charge < -0.3 is 15.6 Å². The van der Waals surface area contributed by atoms with Crippen LogP contribution in [-0.4, -0.2) is 29.5 Å². The van der Waals surface area contributed by atoms with Gasteiger partial charge in [0.05, 0.1) is 0 Å². The average Bonchev–Trinajstić information content (AvgIpc) is 2.68. The number of aromatic amines is 1. The second kappa shape index (κ2) is 6.61. The molecule has 0 saturated carbocycles. The Balaban J connectivity index is 0.00000144. The highest BCUT2D eigenvalue weighted by Crippen LogP contribution is 2.10. The molecule has 2 unspecified atom stereocenters. The van der Waals surface area contributed by atoms with Gasteiger partial charge in [0.2, 0.25) is 0 Å². The average molecular weight is 370 g/mol. The van der Waals surface area contributed by atoms with E-state index in [0.717, 1.165) is 23.0 Å². The number of nitrogens with one attached hydrogen (secondary N) is 3. The number of rotatable bonds is 2. The van der Waals surface area contributed by atoms with Crippen LogP contribution in [0.4, 0.5) is 0 Å². The Labute approximate surface area is 121 Å². The number of hydrogen-bond acceptors (Lipinski definition) is 2. The lowest BCUT2D eigenvalue weighted by molar-refractivity contribution is 0.0915. The van der Waals surface area contributed by atoms with Crippen molar-refractivity contribution in [2.24, 2.45) is 0 Å². The van der Waals surface area contributed by atoms with E-state index in [-0.39, 0.29) is 24.4 Å². The Morgan fingerprint density at radius 3 is 2.94 bits per heavy atom. The predicted molar refractivity (Wildman–Crippen MR) is 78.7 cm³/mol.